The smallest absolute Gasteiger partial charge is 0.191 e. The first-order chi connectivity index (χ1) is 13.6. The van der Waals surface area contributed by atoms with Gasteiger partial charge in [0.15, 0.2) is 5.96 Å². The summed E-state index contributed by atoms with van der Waals surface area (Å²) in [4.78, 5) is 4.28. The summed E-state index contributed by atoms with van der Waals surface area (Å²) in [6.45, 7) is 6.95. The third-order valence-corrected chi connectivity index (χ3v) is 4.16. The van der Waals surface area contributed by atoms with E-state index >= 15 is 0 Å². The largest absolute Gasteiger partial charge is 0.489 e. The van der Waals surface area contributed by atoms with Gasteiger partial charge in [0.05, 0.1) is 13.2 Å². The molecule has 0 radical (unpaired) electrons. The van der Waals surface area contributed by atoms with Gasteiger partial charge in [-0.1, -0.05) is 24.3 Å². The van der Waals surface area contributed by atoms with Crippen molar-refractivity contribution >= 4 is 11.6 Å². The fourth-order valence-corrected chi connectivity index (χ4v) is 2.65. The van der Waals surface area contributed by atoms with Crippen molar-refractivity contribution < 1.29 is 9.47 Å². The Bertz CT molecular complexity index is 732. The molecule has 0 aliphatic carbocycles. The fraction of sp³-hybridized carbons (Fsp3) is 0.409. The Hall–Kier alpha value is -2.73. The number of aryl methyl sites for hydroxylation is 1. The Morgan fingerprint density at radius 2 is 1.89 bits per heavy atom. The summed E-state index contributed by atoms with van der Waals surface area (Å²) in [7, 11) is 3.47. The Labute approximate surface area is 168 Å². The third kappa shape index (κ3) is 7.88. The topological polar surface area (TPSA) is 66.9 Å². The van der Waals surface area contributed by atoms with Crippen LogP contribution in [0.5, 0.6) is 5.75 Å². The highest BCUT2D eigenvalue weighted by Crippen LogP contribution is 2.14. The molecule has 0 aromatic heterocycles. The molecular formula is C22H32N4O2. The number of guanidine groups is 1. The molecule has 1 unspecified atom stereocenters. The molecule has 28 heavy (non-hydrogen) atoms. The molecule has 0 saturated heterocycles. The van der Waals surface area contributed by atoms with Gasteiger partial charge in [0, 0.05) is 32.9 Å². The summed E-state index contributed by atoms with van der Waals surface area (Å²) in [5, 5.41) is 9.95. The van der Waals surface area contributed by atoms with Crippen LogP contribution in [0.1, 0.15) is 18.1 Å². The average molecular weight is 385 g/mol. The number of nitrogens with zero attached hydrogens (tertiary/aromatic N) is 1. The first-order valence-corrected chi connectivity index (χ1v) is 9.60. The van der Waals surface area contributed by atoms with Gasteiger partial charge >= 0.3 is 0 Å². The standard InChI is InChI=1S/C22H32N4O2/c1-17-6-5-7-21(14-17)28-18(2)15-25-22(23-3)26-16-19-8-10-20(11-9-19)24-12-13-27-4/h5-11,14,18,24H,12-13,15-16H2,1-4H3,(H2,23,25,26). The first-order valence-electron chi connectivity index (χ1n) is 9.60. The molecule has 0 saturated carbocycles. The molecule has 2 rings (SSSR count). The van der Waals surface area contributed by atoms with Crippen LogP contribution in [-0.4, -0.2) is 45.9 Å². The number of rotatable bonds is 10. The van der Waals surface area contributed by atoms with Crippen molar-refractivity contribution in [2.24, 2.45) is 4.99 Å². The predicted octanol–water partition coefficient (Wildman–Crippen LogP) is 3.19. The second-order valence-corrected chi connectivity index (χ2v) is 6.67. The minimum Gasteiger partial charge on any atom is -0.489 e. The van der Waals surface area contributed by atoms with Gasteiger partial charge in [0.2, 0.25) is 0 Å². The van der Waals surface area contributed by atoms with Crippen molar-refractivity contribution in [3.63, 3.8) is 0 Å². The molecule has 0 amide bonds. The Morgan fingerprint density at radius 1 is 1.11 bits per heavy atom. The van der Waals surface area contributed by atoms with Crippen molar-refractivity contribution in [3.05, 3.63) is 59.7 Å². The summed E-state index contributed by atoms with van der Waals surface area (Å²) < 4.78 is 11.0. The lowest BCUT2D eigenvalue weighted by molar-refractivity contribution is 0.211. The molecule has 0 heterocycles. The predicted molar refractivity (Wildman–Crippen MR) is 116 cm³/mol. The quantitative estimate of drug-likeness (QED) is 0.334. The van der Waals surface area contributed by atoms with Crippen LogP contribution >= 0.6 is 0 Å². The number of methoxy groups -OCH3 is 1. The number of nitrogens with one attached hydrogen (secondary N) is 3. The van der Waals surface area contributed by atoms with Crippen LogP contribution in [0.25, 0.3) is 0 Å². The molecule has 0 aliphatic heterocycles. The zero-order valence-electron chi connectivity index (χ0n) is 17.3. The minimum atomic E-state index is 0.0257. The molecule has 1 atom stereocenters. The molecule has 0 aliphatic rings. The van der Waals surface area contributed by atoms with E-state index in [0.29, 0.717) is 19.7 Å². The normalized spacial score (nSPS) is 12.4. The summed E-state index contributed by atoms with van der Waals surface area (Å²) in [5.74, 6) is 1.64. The monoisotopic (exact) mass is 384 g/mol. The van der Waals surface area contributed by atoms with Crippen LogP contribution in [0.2, 0.25) is 0 Å². The van der Waals surface area contributed by atoms with Gasteiger partial charge in [-0.25, -0.2) is 0 Å². The van der Waals surface area contributed by atoms with E-state index in [0.717, 1.165) is 23.9 Å². The lowest BCUT2D eigenvalue weighted by Gasteiger charge is -2.18. The van der Waals surface area contributed by atoms with Gasteiger partial charge in [0.25, 0.3) is 0 Å². The lowest BCUT2D eigenvalue weighted by Crippen LogP contribution is -2.41. The van der Waals surface area contributed by atoms with E-state index in [9.17, 15) is 0 Å². The number of hydrogen-bond acceptors (Lipinski definition) is 4. The maximum atomic E-state index is 5.95. The summed E-state index contributed by atoms with van der Waals surface area (Å²) in [6, 6.07) is 16.4. The van der Waals surface area contributed by atoms with Crippen molar-refractivity contribution in [2.75, 3.05) is 39.2 Å². The fourth-order valence-electron chi connectivity index (χ4n) is 2.65. The average Bonchev–Trinajstić information content (AvgIpc) is 2.69. The third-order valence-electron chi connectivity index (χ3n) is 4.16. The van der Waals surface area contributed by atoms with Crippen LogP contribution in [0.4, 0.5) is 5.69 Å². The van der Waals surface area contributed by atoms with E-state index in [-0.39, 0.29) is 6.10 Å². The van der Waals surface area contributed by atoms with Crippen molar-refractivity contribution in [3.8, 4) is 5.75 Å². The molecule has 0 fully saturated rings. The summed E-state index contributed by atoms with van der Waals surface area (Å²) in [6.07, 6.45) is 0.0257. The Kier molecular flexibility index (Phi) is 9.15. The minimum absolute atomic E-state index is 0.0257. The summed E-state index contributed by atoms with van der Waals surface area (Å²) >= 11 is 0. The number of aliphatic imine (C=N–C) groups is 1. The molecular weight excluding hydrogens is 352 g/mol. The zero-order chi connectivity index (χ0) is 20.2. The highest BCUT2D eigenvalue weighted by Gasteiger charge is 2.06. The maximum absolute atomic E-state index is 5.95. The zero-order valence-corrected chi connectivity index (χ0v) is 17.3. The van der Waals surface area contributed by atoms with Gasteiger partial charge < -0.3 is 25.4 Å². The molecule has 2 aromatic carbocycles. The molecule has 0 bridgehead atoms. The molecule has 6 nitrogen and oxygen atoms in total. The van der Waals surface area contributed by atoms with Crippen LogP contribution in [0.3, 0.4) is 0 Å². The van der Waals surface area contributed by atoms with E-state index in [4.69, 9.17) is 9.47 Å². The Morgan fingerprint density at radius 3 is 2.57 bits per heavy atom. The second kappa shape index (κ2) is 11.9. The van der Waals surface area contributed by atoms with E-state index in [1.54, 1.807) is 14.2 Å². The molecule has 2 aromatic rings. The van der Waals surface area contributed by atoms with Gasteiger partial charge in [-0.05, 0) is 49.2 Å². The number of hydrogen-bond donors (Lipinski definition) is 3. The SMILES string of the molecule is CN=C(NCc1ccc(NCCOC)cc1)NCC(C)Oc1cccc(C)c1. The lowest BCUT2D eigenvalue weighted by atomic mass is 10.2. The van der Waals surface area contributed by atoms with Crippen LogP contribution in [0, 0.1) is 6.92 Å². The van der Waals surface area contributed by atoms with Crippen LogP contribution < -0.4 is 20.7 Å². The van der Waals surface area contributed by atoms with Crippen molar-refractivity contribution in [1.29, 1.82) is 0 Å². The van der Waals surface area contributed by atoms with E-state index in [1.165, 1.54) is 11.1 Å². The molecule has 6 heteroatoms. The van der Waals surface area contributed by atoms with Crippen LogP contribution in [-0.2, 0) is 11.3 Å². The molecule has 0 spiro atoms. The second-order valence-electron chi connectivity index (χ2n) is 6.67. The van der Waals surface area contributed by atoms with Gasteiger partial charge in [0.1, 0.15) is 11.9 Å². The molecule has 3 N–H and O–H groups in total. The van der Waals surface area contributed by atoms with Crippen LogP contribution in [0.15, 0.2) is 53.5 Å². The highest BCUT2D eigenvalue weighted by atomic mass is 16.5. The highest BCUT2D eigenvalue weighted by molar-refractivity contribution is 5.79. The van der Waals surface area contributed by atoms with Gasteiger partial charge in [-0.2, -0.15) is 0 Å². The maximum Gasteiger partial charge on any atom is 0.191 e. The van der Waals surface area contributed by atoms with Gasteiger partial charge in [-0.3, -0.25) is 4.99 Å². The number of anilines is 1. The van der Waals surface area contributed by atoms with Crippen molar-refractivity contribution in [1.82, 2.24) is 10.6 Å². The first kappa shape index (κ1) is 21.6. The molecule has 152 valence electrons. The number of benzene rings is 2. The Balaban J connectivity index is 1.73. The van der Waals surface area contributed by atoms with E-state index in [2.05, 4.69) is 58.2 Å². The van der Waals surface area contributed by atoms with Gasteiger partial charge in [-0.15, -0.1) is 0 Å². The van der Waals surface area contributed by atoms with E-state index < -0.39 is 0 Å². The van der Waals surface area contributed by atoms with E-state index in [1.807, 2.05) is 25.1 Å². The summed E-state index contributed by atoms with van der Waals surface area (Å²) in [5.41, 5.74) is 3.46. The van der Waals surface area contributed by atoms with Crippen molar-refractivity contribution in [2.45, 2.75) is 26.5 Å². The number of ether oxygens (including phenoxy) is 2.